The zero-order valence-corrected chi connectivity index (χ0v) is 18.1. The van der Waals surface area contributed by atoms with Crippen LogP contribution in [0.1, 0.15) is 39.3 Å². The average Bonchev–Trinajstić information content (AvgIpc) is 2.71. The van der Waals surface area contributed by atoms with E-state index in [0.717, 1.165) is 10.5 Å². The Balaban J connectivity index is 1.97. The first-order valence-electron chi connectivity index (χ1n) is 10.3. The molecular formula is C21H32N3O6+. The van der Waals surface area contributed by atoms with Crippen LogP contribution in [-0.4, -0.2) is 57.4 Å². The molecule has 0 saturated heterocycles. The van der Waals surface area contributed by atoms with Gasteiger partial charge in [-0.25, -0.2) is 4.79 Å². The van der Waals surface area contributed by atoms with Crippen LogP contribution < -0.4 is 25.0 Å². The standard InChI is InChI=1S/C21H31N3O6/c1-5-24(13-19(26)23-21(27)28-6-2)12-18(25)22-20(14(3)4)15-7-8-16-17(11-15)30-10-9-29-16/h7-8,11,14,20H,5-6,9-10,12-13H2,1-4H3,(H,22,25)(H,23,26,27)/p+1/t20-/m1/s1. The smallest absolute Gasteiger partial charge is 0.414 e. The number of rotatable bonds is 9. The van der Waals surface area contributed by atoms with Crippen LogP contribution in [0.3, 0.4) is 0 Å². The van der Waals surface area contributed by atoms with E-state index in [2.05, 4.69) is 10.6 Å². The summed E-state index contributed by atoms with van der Waals surface area (Å²) < 4.78 is 15.9. The molecule has 1 aliphatic heterocycles. The van der Waals surface area contributed by atoms with Crippen LogP contribution in [0.25, 0.3) is 0 Å². The highest BCUT2D eigenvalue weighted by molar-refractivity contribution is 5.92. The molecule has 0 saturated carbocycles. The van der Waals surface area contributed by atoms with Gasteiger partial charge in [-0.3, -0.25) is 14.9 Å². The van der Waals surface area contributed by atoms with Crippen LogP contribution in [0.2, 0.25) is 0 Å². The molecule has 1 heterocycles. The van der Waals surface area contributed by atoms with Crippen molar-refractivity contribution in [1.29, 1.82) is 0 Å². The molecule has 0 radical (unpaired) electrons. The van der Waals surface area contributed by atoms with Gasteiger partial charge < -0.3 is 24.4 Å². The Labute approximate surface area is 177 Å². The van der Waals surface area contributed by atoms with Gasteiger partial charge in [-0.05, 0) is 37.5 Å². The molecule has 1 aromatic rings. The van der Waals surface area contributed by atoms with Gasteiger partial charge in [-0.2, -0.15) is 0 Å². The van der Waals surface area contributed by atoms with E-state index in [4.69, 9.17) is 14.2 Å². The highest BCUT2D eigenvalue weighted by Gasteiger charge is 2.24. The number of benzene rings is 1. The van der Waals surface area contributed by atoms with Gasteiger partial charge in [0.25, 0.3) is 11.8 Å². The SMILES string of the molecule is CCOC(=O)NC(=O)C[NH+](CC)CC(=O)N[C@@H](c1ccc2c(c1)OCCO2)C(C)C. The van der Waals surface area contributed by atoms with Crippen molar-refractivity contribution in [2.45, 2.75) is 33.7 Å². The second-order valence-electron chi connectivity index (χ2n) is 7.42. The van der Waals surface area contributed by atoms with E-state index < -0.39 is 12.0 Å². The van der Waals surface area contributed by atoms with Crippen LogP contribution in [-0.2, 0) is 14.3 Å². The normalized spacial score (nSPS) is 14.6. The largest absolute Gasteiger partial charge is 0.486 e. The van der Waals surface area contributed by atoms with Crippen molar-refractivity contribution in [3.8, 4) is 11.5 Å². The molecule has 3 amide bonds. The lowest BCUT2D eigenvalue weighted by molar-refractivity contribution is -0.881. The predicted molar refractivity (Wildman–Crippen MR) is 110 cm³/mol. The van der Waals surface area contributed by atoms with E-state index in [1.54, 1.807) is 6.92 Å². The highest BCUT2D eigenvalue weighted by Crippen LogP contribution is 2.34. The van der Waals surface area contributed by atoms with E-state index >= 15 is 0 Å². The number of hydrogen-bond acceptors (Lipinski definition) is 6. The second-order valence-corrected chi connectivity index (χ2v) is 7.42. The first-order chi connectivity index (χ1) is 14.3. The zero-order chi connectivity index (χ0) is 22.1. The molecule has 166 valence electrons. The summed E-state index contributed by atoms with van der Waals surface area (Å²) in [6, 6.07) is 5.47. The predicted octanol–water partition coefficient (Wildman–Crippen LogP) is 0.449. The summed E-state index contributed by atoms with van der Waals surface area (Å²) in [4.78, 5) is 36.8. The quantitative estimate of drug-likeness (QED) is 0.533. The molecule has 1 unspecified atom stereocenters. The summed E-state index contributed by atoms with van der Waals surface area (Å²) in [5.74, 6) is 0.867. The molecule has 9 heteroatoms. The molecule has 2 atom stereocenters. The Hall–Kier alpha value is -2.81. The van der Waals surface area contributed by atoms with Crippen molar-refractivity contribution < 1.29 is 33.5 Å². The monoisotopic (exact) mass is 422 g/mol. The number of ether oxygens (including phenoxy) is 3. The fraction of sp³-hybridized carbons (Fsp3) is 0.571. The van der Waals surface area contributed by atoms with Gasteiger partial charge >= 0.3 is 6.09 Å². The molecular weight excluding hydrogens is 390 g/mol. The summed E-state index contributed by atoms with van der Waals surface area (Å²) in [6.45, 7) is 9.46. The number of likely N-dealkylation sites (N-methyl/N-ethyl adjacent to an activating group) is 1. The number of fused-ring (bicyclic) bond motifs is 1. The fourth-order valence-electron chi connectivity index (χ4n) is 3.20. The summed E-state index contributed by atoms with van der Waals surface area (Å²) >= 11 is 0. The molecule has 1 aliphatic rings. The van der Waals surface area contributed by atoms with Crippen molar-refractivity contribution in [1.82, 2.24) is 10.6 Å². The third-order valence-electron chi connectivity index (χ3n) is 4.75. The Morgan fingerprint density at radius 1 is 1.07 bits per heavy atom. The minimum absolute atomic E-state index is 0.000889. The Morgan fingerprint density at radius 3 is 2.37 bits per heavy atom. The number of hydrogen-bond donors (Lipinski definition) is 3. The van der Waals surface area contributed by atoms with Crippen molar-refractivity contribution in [2.75, 3.05) is 39.5 Å². The Bertz CT molecular complexity index is 752. The van der Waals surface area contributed by atoms with Gasteiger partial charge in [-0.1, -0.05) is 19.9 Å². The van der Waals surface area contributed by atoms with Crippen molar-refractivity contribution >= 4 is 17.9 Å². The van der Waals surface area contributed by atoms with Crippen LogP contribution >= 0.6 is 0 Å². The van der Waals surface area contributed by atoms with Crippen LogP contribution in [0.5, 0.6) is 11.5 Å². The second kappa shape index (κ2) is 11.4. The fourth-order valence-corrected chi connectivity index (χ4v) is 3.20. The van der Waals surface area contributed by atoms with Gasteiger partial charge in [0.05, 0.1) is 19.2 Å². The molecule has 0 aliphatic carbocycles. The molecule has 1 aromatic carbocycles. The number of alkyl carbamates (subject to hydrolysis) is 1. The van der Waals surface area contributed by atoms with Gasteiger partial charge in [0.15, 0.2) is 24.6 Å². The van der Waals surface area contributed by atoms with Crippen molar-refractivity contribution in [3.05, 3.63) is 23.8 Å². The van der Waals surface area contributed by atoms with E-state index in [9.17, 15) is 14.4 Å². The highest BCUT2D eigenvalue weighted by atomic mass is 16.6. The molecule has 3 N–H and O–H groups in total. The molecule has 9 nitrogen and oxygen atoms in total. The number of carbonyl (C=O) groups excluding carboxylic acids is 3. The maximum absolute atomic E-state index is 12.7. The van der Waals surface area contributed by atoms with E-state index in [1.807, 2.05) is 39.0 Å². The number of quaternary nitrogens is 1. The van der Waals surface area contributed by atoms with E-state index in [0.29, 0.717) is 31.3 Å². The maximum Gasteiger partial charge on any atom is 0.414 e. The Kier molecular flexibility index (Phi) is 8.91. The van der Waals surface area contributed by atoms with Gasteiger partial charge in [0, 0.05) is 0 Å². The lowest BCUT2D eigenvalue weighted by Crippen LogP contribution is -3.14. The van der Waals surface area contributed by atoms with Crippen LogP contribution in [0, 0.1) is 5.92 Å². The number of imide groups is 1. The van der Waals surface area contributed by atoms with Crippen LogP contribution in [0.4, 0.5) is 4.79 Å². The molecule has 0 spiro atoms. The lowest BCUT2D eigenvalue weighted by Gasteiger charge is -2.26. The van der Waals surface area contributed by atoms with Gasteiger partial charge in [-0.15, -0.1) is 0 Å². The van der Waals surface area contributed by atoms with Gasteiger partial charge in [0.2, 0.25) is 0 Å². The Morgan fingerprint density at radius 2 is 1.73 bits per heavy atom. The average molecular weight is 423 g/mol. The molecule has 2 rings (SSSR count). The minimum atomic E-state index is -0.777. The summed E-state index contributed by atoms with van der Waals surface area (Å²) in [5.41, 5.74) is 0.931. The van der Waals surface area contributed by atoms with Crippen molar-refractivity contribution in [2.24, 2.45) is 5.92 Å². The third kappa shape index (κ3) is 6.91. The number of carbonyl (C=O) groups is 3. The summed E-state index contributed by atoms with van der Waals surface area (Å²) in [5, 5.41) is 5.21. The number of nitrogens with one attached hydrogen (secondary N) is 3. The first kappa shape index (κ1) is 23.5. The topological polar surface area (TPSA) is 107 Å². The zero-order valence-electron chi connectivity index (χ0n) is 18.1. The molecule has 0 fully saturated rings. The minimum Gasteiger partial charge on any atom is -0.486 e. The van der Waals surface area contributed by atoms with Crippen LogP contribution in [0.15, 0.2) is 18.2 Å². The van der Waals surface area contributed by atoms with E-state index in [-0.39, 0.29) is 37.6 Å². The third-order valence-corrected chi connectivity index (χ3v) is 4.75. The molecule has 0 bridgehead atoms. The summed E-state index contributed by atoms with van der Waals surface area (Å²) in [7, 11) is 0. The van der Waals surface area contributed by atoms with Crippen molar-refractivity contribution in [3.63, 3.8) is 0 Å². The maximum atomic E-state index is 12.7. The summed E-state index contributed by atoms with van der Waals surface area (Å²) in [6.07, 6.45) is -0.777. The lowest BCUT2D eigenvalue weighted by atomic mass is 9.95. The first-order valence-corrected chi connectivity index (χ1v) is 10.3. The molecule has 0 aromatic heterocycles. The number of amides is 3. The molecule has 30 heavy (non-hydrogen) atoms. The van der Waals surface area contributed by atoms with Gasteiger partial charge in [0.1, 0.15) is 13.2 Å². The van der Waals surface area contributed by atoms with E-state index in [1.165, 1.54) is 0 Å².